The van der Waals surface area contributed by atoms with Gasteiger partial charge in [0, 0.05) is 82.8 Å². The lowest BCUT2D eigenvalue weighted by Crippen LogP contribution is -2.29. The number of para-hydroxylation sites is 4. The number of nitrogens with zero attached hydrogens (tertiary/aromatic N) is 10. The Morgan fingerprint density at radius 1 is 0.257 bits per heavy atom. The van der Waals surface area contributed by atoms with Crippen molar-refractivity contribution >= 4 is 116 Å². The molecular weight excluding hydrogens is 1360 g/mol. The van der Waals surface area contributed by atoms with Gasteiger partial charge in [0.15, 0.2) is 0 Å². The molecule has 500 valence electrons. The number of hydrogen-bond donors (Lipinski definition) is 2. The Hall–Kier alpha value is -13.2. The maximum Gasteiger partial charge on any atom is 0.488 e. The van der Waals surface area contributed by atoms with Gasteiger partial charge in [0.05, 0.1) is 77.9 Å². The number of benzene rings is 12. The van der Waals surface area contributed by atoms with Gasteiger partial charge < -0.3 is 19.2 Å². The number of aromatic nitrogens is 10. The van der Waals surface area contributed by atoms with E-state index in [1.165, 1.54) is 10.9 Å². The van der Waals surface area contributed by atoms with E-state index < -0.39 is 7.12 Å². The summed E-state index contributed by atoms with van der Waals surface area (Å²) in [7, 11) is -1.53. The van der Waals surface area contributed by atoms with Gasteiger partial charge in [-0.15, -0.1) is 0 Å². The third-order valence-corrected chi connectivity index (χ3v) is 19.6. The lowest BCUT2D eigenvalue weighted by Gasteiger charge is -2.12. The van der Waals surface area contributed by atoms with E-state index in [-0.39, 0.29) is 7.43 Å². The Morgan fingerprint density at radius 2 is 0.610 bits per heavy atom. The van der Waals surface area contributed by atoms with Crippen molar-refractivity contribution in [3.8, 4) is 79.4 Å². The predicted octanol–water partition coefficient (Wildman–Crippen LogP) is 21.2. The average Bonchev–Trinajstić information content (AvgIpc) is 1.59. The lowest BCUT2D eigenvalue weighted by atomic mass is 9.80. The Morgan fingerprint density at radius 3 is 1.06 bits per heavy atom. The van der Waals surface area contributed by atoms with Crippen molar-refractivity contribution in [2.75, 3.05) is 0 Å². The van der Waals surface area contributed by atoms with Crippen LogP contribution in [0.15, 0.2) is 357 Å². The standard InChI is InChI=1S/C45H29N5.C28H20BN3O2.C17H11BrN2.CH4/c1-4-13-30(14-5-1)38-29-39(31-15-6-2-7-16-31)48-45(47-38)50-40-20-11-10-19-35(40)37-27-32(23-25-41(37)50)33-22-24-36-43(28-33)49(34-17-8-3-9-18-34)42-21-12-26-46-44(36)42;33-29(34)21-15-16-27-23(17-21)22-13-7-8-14-26(22)32(27)28-30-24(19-9-3-1-4-10-19)18-25(31-28)20-11-5-2-6-12-20;18-12-8-9-14-16(11-12)20(13-5-2-1-3-6-13)15-7-4-10-19-17(14)15;/h1-29H;1-18,33-34H;1-11H;1H4. The van der Waals surface area contributed by atoms with Crippen LogP contribution in [0.4, 0.5) is 0 Å². The molecule has 14 heteroatoms. The summed E-state index contributed by atoms with van der Waals surface area (Å²) in [4.78, 5) is 29.7. The van der Waals surface area contributed by atoms with Crippen LogP contribution >= 0.6 is 15.9 Å². The number of rotatable bonds is 10. The monoisotopic (exact) mass is 1420 g/mol. The van der Waals surface area contributed by atoms with Gasteiger partial charge in [-0.1, -0.05) is 242 Å². The van der Waals surface area contributed by atoms with Crippen LogP contribution in [0, 0.1) is 0 Å². The van der Waals surface area contributed by atoms with Crippen LogP contribution in [-0.4, -0.2) is 65.3 Å². The Labute approximate surface area is 613 Å². The van der Waals surface area contributed by atoms with Crippen molar-refractivity contribution in [3.05, 3.63) is 357 Å². The highest BCUT2D eigenvalue weighted by Gasteiger charge is 2.23. The summed E-state index contributed by atoms with van der Waals surface area (Å²) >= 11 is 3.56. The molecule has 12 nitrogen and oxygen atoms in total. The van der Waals surface area contributed by atoms with E-state index in [9.17, 15) is 10.0 Å². The molecule has 0 amide bonds. The fourth-order valence-corrected chi connectivity index (χ4v) is 14.7. The molecule has 0 saturated carbocycles. The molecule has 8 aromatic heterocycles. The fraction of sp³-hybridized carbons (Fsp3) is 0.0110. The highest BCUT2D eigenvalue weighted by atomic mass is 79.9. The number of pyridine rings is 2. The zero-order valence-electron chi connectivity index (χ0n) is 55.8. The molecule has 20 aromatic rings. The highest BCUT2D eigenvalue weighted by molar-refractivity contribution is 9.10. The van der Waals surface area contributed by atoms with Crippen LogP contribution in [0.2, 0.25) is 0 Å². The fourth-order valence-electron chi connectivity index (χ4n) is 14.4. The van der Waals surface area contributed by atoms with Gasteiger partial charge in [-0.2, -0.15) is 0 Å². The number of hydrogen-bond acceptors (Lipinski definition) is 8. The minimum Gasteiger partial charge on any atom is -0.423 e. The van der Waals surface area contributed by atoms with Crippen molar-refractivity contribution < 1.29 is 10.0 Å². The third kappa shape index (κ3) is 12.1. The molecule has 0 fully saturated rings. The SMILES string of the molecule is Brc1ccc2c3ncccc3n(-c3ccccc3)c2c1.C.OB(O)c1ccc2c(c1)c1ccccc1n2-c1nc(-c2ccccc2)cc(-c2ccccc2)n1.c1ccc(-c2cc(-c3ccccc3)nc(-n3c4ccccc4c4cc(-c5ccc6c7ncccc7n(-c7ccccc7)c6c5)ccc43)n2)cc1. The first-order chi connectivity index (χ1) is 51.3. The van der Waals surface area contributed by atoms with E-state index >= 15 is 0 Å². The molecule has 0 bridgehead atoms. The van der Waals surface area contributed by atoms with Gasteiger partial charge in [-0.05, 0) is 138 Å². The molecular formula is C91H64BBrN10O2. The normalized spacial score (nSPS) is 11.3. The molecule has 0 aliphatic heterocycles. The second-order valence-electron chi connectivity index (χ2n) is 25.4. The van der Waals surface area contributed by atoms with E-state index in [0.717, 1.165) is 149 Å². The molecule has 20 rings (SSSR count). The van der Waals surface area contributed by atoms with Crippen molar-refractivity contribution in [1.29, 1.82) is 0 Å². The van der Waals surface area contributed by atoms with Gasteiger partial charge in [-0.3, -0.25) is 19.1 Å². The molecule has 8 heterocycles. The summed E-state index contributed by atoms with van der Waals surface area (Å²) < 4.78 is 9.88. The number of fused-ring (bicyclic) bond motifs is 12. The summed E-state index contributed by atoms with van der Waals surface area (Å²) in [6.45, 7) is 0. The van der Waals surface area contributed by atoms with E-state index in [1.807, 2.05) is 150 Å². The van der Waals surface area contributed by atoms with Gasteiger partial charge in [0.2, 0.25) is 11.9 Å². The largest absolute Gasteiger partial charge is 0.488 e. The maximum absolute atomic E-state index is 9.73. The maximum atomic E-state index is 9.73. The van der Waals surface area contributed by atoms with Crippen LogP contribution in [-0.2, 0) is 0 Å². The minimum absolute atomic E-state index is 0. The predicted molar refractivity (Wildman–Crippen MR) is 435 cm³/mol. The van der Waals surface area contributed by atoms with Crippen molar-refractivity contribution in [2.24, 2.45) is 0 Å². The summed E-state index contributed by atoms with van der Waals surface area (Å²) in [6.07, 6.45) is 3.72. The molecule has 12 aromatic carbocycles. The molecule has 2 N–H and O–H groups in total. The molecule has 0 unspecified atom stereocenters. The summed E-state index contributed by atoms with van der Waals surface area (Å²) in [5.74, 6) is 1.20. The van der Waals surface area contributed by atoms with Gasteiger partial charge in [-0.25, -0.2) is 19.9 Å². The van der Waals surface area contributed by atoms with E-state index in [1.54, 1.807) is 6.07 Å². The Kier molecular flexibility index (Phi) is 17.3. The first-order valence-electron chi connectivity index (χ1n) is 34.3. The van der Waals surface area contributed by atoms with Crippen molar-refractivity contribution in [1.82, 2.24) is 48.2 Å². The Bertz CT molecular complexity index is 6470. The topological polar surface area (TPSA) is 138 Å². The molecule has 0 radical (unpaired) electrons. The van der Waals surface area contributed by atoms with Crippen molar-refractivity contribution in [2.45, 2.75) is 7.43 Å². The van der Waals surface area contributed by atoms with Gasteiger partial charge in [0.1, 0.15) is 0 Å². The molecule has 0 saturated heterocycles. The zero-order valence-corrected chi connectivity index (χ0v) is 57.4. The molecule has 0 atom stereocenters. The summed E-state index contributed by atoms with van der Waals surface area (Å²) in [5, 5.41) is 26.0. The molecule has 0 aliphatic rings. The summed E-state index contributed by atoms with van der Waals surface area (Å²) in [6, 6.07) is 116. The van der Waals surface area contributed by atoms with Crippen LogP contribution in [0.5, 0.6) is 0 Å². The van der Waals surface area contributed by atoms with Crippen LogP contribution in [0.3, 0.4) is 0 Å². The second kappa shape index (κ2) is 27.9. The number of halogens is 1. The van der Waals surface area contributed by atoms with Crippen LogP contribution < -0.4 is 5.46 Å². The smallest absolute Gasteiger partial charge is 0.423 e. The molecule has 105 heavy (non-hydrogen) atoms. The lowest BCUT2D eigenvalue weighted by molar-refractivity contribution is 0.426. The van der Waals surface area contributed by atoms with Crippen molar-refractivity contribution in [3.63, 3.8) is 0 Å². The highest BCUT2D eigenvalue weighted by Crippen LogP contribution is 2.40. The quantitative estimate of drug-likeness (QED) is 0.129. The van der Waals surface area contributed by atoms with E-state index in [2.05, 4.69) is 235 Å². The van der Waals surface area contributed by atoms with Gasteiger partial charge >= 0.3 is 7.12 Å². The second-order valence-corrected chi connectivity index (χ2v) is 26.3. The van der Waals surface area contributed by atoms with E-state index in [4.69, 9.17) is 24.9 Å². The molecule has 0 spiro atoms. The third-order valence-electron chi connectivity index (χ3n) is 19.1. The Balaban J connectivity index is 0.000000127. The van der Waals surface area contributed by atoms with Crippen LogP contribution in [0.25, 0.3) is 167 Å². The van der Waals surface area contributed by atoms with Gasteiger partial charge in [0.25, 0.3) is 0 Å². The van der Waals surface area contributed by atoms with Crippen LogP contribution in [0.1, 0.15) is 7.43 Å². The van der Waals surface area contributed by atoms with E-state index in [0.29, 0.717) is 17.4 Å². The minimum atomic E-state index is -1.53. The summed E-state index contributed by atoms with van der Waals surface area (Å²) in [5.41, 5.74) is 23.1. The first-order valence-corrected chi connectivity index (χ1v) is 35.1. The first kappa shape index (κ1) is 65.1. The zero-order chi connectivity index (χ0) is 69.6. The average molecular weight is 1420 g/mol. The molecule has 0 aliphatic carbocycles.